The van der Waals surface area contributed by atoms with Gasteiger partial charge in [-0.3, -0.25) is 14.9 Å². The fourth-order valence-electron chi connectivity index (χ4n) is 2.69. The summed E-state index contributed by atoms with van der Waals surface area (Å²) in [5.41, 5.74) is 0.726. The van der Waals surface area contributed by atoms with E-state index in [0.717, 1.165) is 17.0 Å². The van der Waals surface area contributed by atoms with Gasteiger partial charge < -0.3 is 9.64 Å². The summed E-state index contributed by atoms with van der Waals surface area (Å²) in [4.78, 5) is 26.0. The molecule has 0 spiro atoms. The molecule has 2 aromatic carbocycles. The lowest BCUT2D eigenvalue weighted by Gasteiger charge is -2.22. The van der Waals surface area contributed by atoms with Crippen LogP contribution in [0.2, 0.25) is 0 Å². The van der Waals surface area contributed by atoms with Gasteiger partial charge in [0.1, 0.15) is 0 Å². The number of nitrogens with zero attached hydrogens (tertiary/aromatic N) is 2. The zero-order valence-corrected chi connectivity index (χ0v) is 14.6. The van der Waals surface area contributed by atoms with Gasteiger partial charge in [-0.1, -0.05) is 31.2 Å². The SMILES string of the molecule is CC1CCN(C(=O)COc2ccccc2[N+](=O)[O-])c2ccccc2S1. The van der Waals surface area contributed by atoms with Crippen molar-refractivity contribution >= 4 is 29.0 Å². The number of hydrogen-bond acceptors (Lipinski definition) is 5. The minimum atomic E-state index is -0.515. The first kappa shape index (κ1) is 17.3. The Morgan fingerprint density at radius 1 is 1.28 bits per heavy atom. The topological polar surface area (TPSA) is 72.7 Å². The highest BCUT2D eigenvalue weighted by atomic mass is 32.2. The number of carbonyl (C=O) groups is 1. The number of anilines is 1. The zero-order valence-electron chi connectivity index (χ0n) is 13.8. The number of carbonyl (C=O) groups excluding carboxylic acids is 1. The van der Waals surface area contributed by atoms with E-state index in [9.17, 15) is 14.9 Å². The third kappa shape index (κ3) is 3.93. The molecule has 0 aromatic heterocycles. The molecule has 7 heteroatoms. The van der Waals surface area contributed by atoms with Crippen molar-refractivity contribution in [2.75, 3.05) is 18.1 Å². The number of benzene rings is 2. The van der Waals surface area contributed by atoms with Gasteiger partial charge in [-0.25, -0.2) is 0 Å². The Hall–Kier alpha value is -2.54. The third-order valence-corrected chi connectivity index (χ3v) is 5.19. The number of amides is 1. The van der Waals surface area contributed by atoms with Gasteiger partial charge in [0.2, 0.25) is 0 Å². The van der Waals surface area contributed by atoms with Crippen LogP contribution in [0.5, 0.6) is 5.75 Å². The Morgan fingerprint density at radius 2 is 2.00 bits per heavy atom. The monoisotopic (exact) mass is 358 g/mol. The molecule has 1 amide bonds. The van der Waals surface area contributed by atoms with Gasteiger partial charge in [0.15, 0.2) is 12.4 Å². The molecule has 130 valence electrons. The van der Waals surface area contributed by atoms with Gasteiger partial charge in [-0.05, 0) is 24.6 Å². The lowest BCUT2D eigenvalue weighted by atomic mass is 10.2. The zero-order chi connectivity index (χ0) is 17.8. The summed E-state index contributed by atoms with van der Waals surface area (Å²) in [6, 6.07) is 13.9. The van der Waals surface area contributed by atoms with E-state index in [2.05, 4.69) is 6.92 Å². The summed E-state index contributed by atoms with van der Waals surface area (Å²) in [7, 11) is 0. The number of hydrogen-bond donors (Lipinski definition) is 0. The van der Waals surface area contributed by atoms with Crippen LogP contribution in [0.15, 0.2) is 53.4 Å². The first-order valence-corrected chi connectivity index (χ1v) is 8.86. The predicted molar refractivity (Wildman–Crippen MR) is 97.3 cm³/mol. The van der Waals surface area contributed by atoms with Crippen molar-refractivity contribution < 1.29 is 14.5 Å². The number of fused-ring (bicyclic) bond motifs is 1. The average molecular weight is 358 g/mol. The molecule has 3 rings (SSSR count). The van der Waals surface area contributed by atoms with Gasteiger partial charge in [-0.2, -0.15) is 0 Å². The van der Waals surface area contributed by atoms with E-state index >= 15 is 0 Å². The van der Waals surface area contributed by atoms with Crippen LogP contribution in [0.3, 0.4) is 0 Å². The van der Waals surface area contributed by atoms with Gasteiger partial charge in [0, 0.05) is 22.8 Å². The molecule has 0 radical (unpaired) electrons. The Kier molecular flexibility index (Phi) is 5.23. The number of rotatable bonds is 4. The van der Waals surface area contributed by atoms with E-state index in [1.54, 1.807) is 28.8 Å². The van der Waals surface area contributed by atoms with Crippen molar-refractivity contribution in [3.05, 3.63) is 58.6 Å². The summed E-state index contributed by atoms with van der Waals surface area (Å²) in [6.07, 6.45) is 0.872. The molecule has 0 fully saturated rings. The van der Waals surface area contributed by atoms with Crippen molar-refractivity contribution in [2.24, 2.45) is 0 Å². The van der Waals surface area contributed by atoms with Gasteiger partial charge >= 0.3 is 5.69 Å². The van der Waals surface area contributed by atoms with Crippen LogP contribution in [0.25, 0.3) is 0 Å². The molecule has 2 aromatic rings. The molecule has 25 heavy (non-hydrogen) atoms. The minimum Gasteiger partial charge on any atom is -0.477 e. The van der Waals surface area contributed by atoms with Gasteiger partial charge in [0.05, 0.1) is 10.6 Å². The first-order valence-electron chi connectivity index (χ1n) is 7.98. The van der Waals surface area contributed by atoms with E-state index < -0.39 is 4.92 Å². The van der Waals surface area contributed by atoms with E-state index in [1.807, 2.05) is 24.3 Å². The van der Waals surface area contributed by atoms with E-state index in [0.29, 0.717) is 11.8 Å². The highest BCUT2D eigenvalue weighted by Crippen LogP contribution is 2.37. The lowest BCUT2D eigenvalue weighted by Crippen LogP contribution is -2.36. The van der Waals surface area contributed by atoms with E-state index in [-0.39, 0.29) is 24.0 Å². The minimum absolute atomic E-state index is 0.103. The molecule has 1 aliphatic heterocycles. The predicted octanol–water partition coefficient (Wildman–Crippen LogP) is 3.89. The van der Waals surface area contributed by atoms with Crippen molar-refractivity contribution in [1.82, 2.24) is 0 Å². The summed E-state index contributed by atoms with van der Waals surface area (Å²) >= 11 is 1.75. The second-order valence-corrected chi connectivity index (χ2v) is 7.22. The van der Waals surface area contributed by atoms with Crippen molar-refractivity contribution in [1.29, 1.82) is 0 Å². The second kappa shape index (κ2) is 7.57. The third-order valence-electron chi connectivity index (χ3n) is 3.96. The van der Waals surface area contributed by atoms with Crippen molar-refractivity contribution in [2.45, 2.75) is 23.5 Å². The van der Waals surface area contributed by atoms with Crippen LogP contribution in [0.1, 0.15) is 13.3 Å². The van der Waals surface area contributed by atoms with Crippen LogP contribution in [0, 0.1) is 10.1 Å². The lowest BCUT2D eigenvalue weighted by molar-refractivity contribution is -0.385. The smallest absolute Gasteiger partial charge is 0.310 e. The molecule has 0 saturated heterocycles. The number of ether oxygens (including phenoxy) is 1. The molecule has 6 nitrogen and oxygen atoms in total. The largest absolute Gasteiger partial charge is 0.477 e. The van der Waals surface area contributed by atoms with Crippen LogP contribution in [-0.4, -0.2) is 29.2 Å². The molecule has 1 aliphatic rings. The van der Waals surface area contributed by atoms with Crippen LogP contribution in [-0.2, 0) is 4.79 Å². The summed E-state index contributed by atoms with van der Waals surface area (Å²) in [5, 5.41) is 11.5. The molecule has 0 aliphatic carbocycles. The van der Waals surface area contributed by atoms with Crippen LogP contribution < -0.4 is 9.64 Å². The molecular formula is C18H18N2O4S. The molecule has 0 N–H and O–H groups in total. The fourth-order valence-corrected chi connectivity index (χ4v) is 3.81. The Bertz CT molecular complexity index is 796. The number of para-hydroxylation sites is 3. The highest BCUT2D eigenvalue weighted by molar-refractivity contribution is 8.00. The summed E-state index contributed by atoms with van der Waals surface area (Å²) < 4.78 is 5.46. The summed E-state index contributed by atoms with van der Waals surface area (Å²) in [5.74, 6) is -0.105. The van der Waals surface area contributed by atoms with Gasteiger partial charge in [0.25, 0.3) is 5.91 Å². The van der Waals surface area contributed by atoms with Crippen molar-refractivity contribution in [3.8, 4) is 5.75 Å². The highest BCUT2D eigenvalue weighted by Gasteiger charge is 2.25. The Labute approximate surface area is 149 Å². The normalized spacial score (nSPS) is 16.7. The quantitative estimate of drug-likeness (QED) is 0.612. The molecule has 0 bridgehead atoms. The van der Waals surface area contributed by atoms with Crippen LogP contribution in [0.4, 0.5) is 11.4 Å². The maximum Gasteiger partial charge on any atom is 0.310 e. The summed E-state index contributed by atoms with van der Waals surface area (Å²) in [6.45, 7) is 2.50. The van der Waals surface area contributed by atoms with Crippen molar-refractivity contribution in [3.63, 3.8) is 0 Å². The fraction of sp³-hybridized carbons (Fsp3) is 0.278. The maximum atomic E-state index is 12.7. The van der Waals surface area contributed by atoms with Gasteiger partial charge in [-0.15, -0.1) is 11.8 Å². The average Bonchev–Trinajstić information content (AvgIpc) is 2.78. The Morgan fingerprint density at radius 3 is 2.80 bits per heavy atom. The maximum absolute atomic E-state index is 12.7. The molecule has 1 atom stereocenters. The van der Waals surface area contributed by atoms with E-state index in [1.165, 1.54) is 12.1 Å². The standard InChI is InChI=1S/C18H18N2O4S/c1-13-10-11-19(15-7-3-5-9-17(15)25-13)18(21)12-24-16-8-4-2-6-14(16)20(22)23/h2-9,13H,10-12H2,1H3. The molecular weight excluding hydrogens is 340 g/mol. The molecule has 0 saturated carbocycles. The van der Waals surface area contributed by atoms with E-state index in [4.69, 9.17) is 4.74 Å². The first-order chi connectivity index (χ1) is 12.1. The number of thioether (sulfide) groups is 1. The number of nitro groups is 1. The molecule has 1 unspecified atom stereocenters. The number of nitro benzene ring substituents is 1. The Balaban J connectivity index is 1.77. The van der Waals surface area contributed by atoms with Crippen LogP contribution >= 0.6 is 11.8 Å². The second-order valence-electron chi connectivity index (χ2n) is 5.74. The molecule has 1 heterocycles.